The Balaban J connectivity index is 2.39. The van der Waals surface area contributed by atoms with Gasteiger partial charge in [0.15, 0.2) is 0 Å². The number of hydrogen-bond acceptors (Lipinski definition) is 3. The number of rotatable bonds is 7. The lowest BCUT2D eigenvalue weighted by molar-refractivity contribution is -0.127. The summed E-state index contributed by atoms with van der Waals surface area (Å²) in [5.41, 5.74) is 6.84. The smallest absolute Gasteiger partial charge is 0.239 e. The number of nitrogens with one attached hydrogen (secondary N) is 2. The van der Waals surface area contributed by atoms with Gasteiger partial charge in [0.25, 0.3) is 0 Å². The minimum Gasteiger partial charge on any atom is -0.352 e. The van der Waals surface area contributed by atoms with Crippen molar-refractivity contribution < 1.29 is 9.59 Å². The zero-order valence-corrected chi connectivity index (χ0v) is 14.8. The van der Waals surface area contributed by atoms with Crippen LogP contribution in [0.5, 0.6) is 0 Å². The first kappa shape index (κ1) is 18.6. The first-order valence-electron chi connectivity index (χ1n) is 7.37. The summed E-state index contributed by atoms with van der Waals surface area (Å²) in [5.74, 6) is -0.482. The second-order valence-corrected chi connectivity index (χ2v) is 6.61. The summed E-state index contributed by atoms with van der Waals surface area (Å²) in [6.07, 6.45) is 0.715. The van der Waals surface area contributed by atoms with Crippen LogP contribution in [0, 0.1) is 5.92 Å². The van der Waals surface area contributed by atoms with Gasteiger partial charge in [-0.15, -0.1) is 0 Å². The van der Waals surface area contributed by atoms with E-state index in [1.807, 2.05) is 45.0 Å². The van der Waals surface area contributed by atoms with E-state index in [9.17, 15) is 9.59 Å². The molecule has 22 heavy (non-hydrogen) atoms. The Morgan fingerprint density at radius 2 is 1.86 bits per heavy atom. The quantitative estimate of drug-likeness (QED) is 0.682. The monoisotopic (exact) mass is 369 g/mol. The summed E-state index contributed by atoms with van der Waals surface area (Å²) >= 11 is 3.49. The number of nitrogens with two attached hydrogens (primary N) is 1. The van der Waals surface area contributed by atoms with E-state index in [2.05, 4.69) is 26.6 Å². The number of hydrogen-bond donors (Lipinski definition) is 3. The third kappa shape index (κ3) is 6.15. The van der Waals surface area contributed by atoms with Gasteiger partial charge >= 0.3 is 0 Å². The van der Waals surface area contributed by atoms with Gasteiger partial charge in [-0.25, -0.2) is 0 Å². The van der Waals surface area contributed by atoms with E-state index in [0.29, 0.717) is 6.42 Å². The van der Waals surface area contributed by atoms with Gasteiger partial charge in [0.2, 0.25) is 11.8 Å². The van der Waals surface area contributed by atoms with Crippen molar-refractivity contribution in [3.63, 3.8) is 0 Å². The molecule has 1 aromatic carbocycles. The standard InChI is InChI=1S/C16H24BrN3O2/c1-10(2)15(18)16(22)19-9-14(21)20-11(3)8-12-6-4-5-7-13(12)17/h4-7,10-11,15H,8-9,18H2,1-3H3,(H,19,22)(H,20,21)/t11?,15-/m0/s1. The van der Waals surface area contributed by atoms with Crippen LogP contribution in [0.15, 0.2) is 28.7 Å². The molecule has 1 rings (SSSR count). The maximum atomic E-state index is 11.8. The lowest BCUT2D eigenvalue weighted by Gasteiger charge is -2.17. The van der Waals surface area contributed by atoms with Crippen molar-refractivity contribution in [2.45, 2.75) is 39.3 Å². The molecule has 0 aliphatic rings. The third-order valence-electron chi connectivity index (χ3n) is 3.34. The molecule has 0 aliphatic carbocycles. The van der Waals surface area contributed by atoms with Crippen molar-refractivity contribution in [2.24, 2.45) is 11.7 Å². The van der Waals surface area contributed by atoms with Crippen molar-refractivity contribution >= 4 is 27.7 Å². The number of benzene rings is 1. The second-order valence-electron chi connectivity index (χ2n) is 5.75. The fraction of sp³-hybridized carbons (Fsp3) is 0.500. The molecule has 1 unspecified atom stereocenters. The molecule has 4 N–H and O–H groups in total. The molecule has 5 nitrogen and oxygen atoms in total. The molecule has 0 saturated heterocycles. The Labute approximate surface area is 140 Å². The largest absolute Gasteiger partial charge is 0.352 e. The molecule has 6 heteroatoms. The van der Waals surface area contributed by atoms with E-state index in [1.165, 1.54) is 0 Å². The van der Waals surface area contributed by atoms with Crippen LogP contribution in [0.4, 0.5) is 0 Å². The van der Waals surface area contributed by atoms with E-state index in [-0.39, 0.29) is 30.3 Å². The molecule has 2 amide bonds. The van der Waals surface area contributed by atoms with Crippen LogP contribution in [0.1, 0.15) is 26.3 Å². The van der Waals surface area contributed by atoms with Crippen molar-refractivity contribution in [2.75, 3.05) is 6.54 Å². The van der Waals surface area contributed by atoms with Crippen LogP contribution in [0.2, 0.25) is 0 Å². The predicted molar refractivity (Wildman–Crippen MR) is 91.3 cm³/mol. The second kappa shape index (κ2) is 8.90. The Morgan fingerprint density at radius 3 is 2.45 bits per heavy atom. The van der Waals surface area contributed by atoms with Gasteiger partial charge in [0.1, 0.15) is 0 Å². The minimum absolute atomic E-state index is 0.0260. The number of halogens is 1. The zero-order valence-electron chi connectivity index (χ0n) is 13.2. The van der Waals surface area contributed by atoms with Crippen molar-refractivity contribution in [1.82, 2.24) is 10.6 Å². The van der Waals surface area contributed by atoms with E-state index in [1.54, 1.807) is 0 Å². The Bertz CT molecular complexity index is 520. The minimum atomic E-state index is -0.592. The van der Waals surface area contributed by atoms with Gasteiger partial charge < -0.3 is 16.4 Å². The first-order valence-corrected chi connectivity index (χ1v) is 8.16. The molecular formula is C16H24BrN3O2. The fourth-order valence-electron chi connectivity index (χ4n) is 1.96. The molecule has 0 aromatic heterocycles. The van der Waals surface area contributed by atoms with Crippen molar-refractivity contribution in [1.29, 1.82) is 0 Å². The Hall–Kier alpha value is -1.40. The highest BCUT2D eigenvalue weighted by atomic mass is 79.9. The first-order chi connectivity index (χ1) is 10.3. The molecule has 0 spiro atoms. The lowest BCUT2D eigenvalue weighted by Crippen LogP contribution is -2.48. The fourth-order valence-corrected chi connectivity index (χ4v) is 2.41. The van der Waals surface area contributed by atoms with Gasteiger partial charge in [0, 0.05) is 10.5 Å². The lowest BCUT2D eigenvalue weighted by atomic mass is 10.1. The Morgan fingerprint density at radius 1 is 1.23 bits per heavy atom. The molecule has 122 valence electrons. The summed E-state index contributed by atoms with van der Waals surface area (Å²) < 4.78 is 1.02. The number of carbonyl (C=O) groups excluding carboxylic acids is 2. The van der Waals surface area contributed by atoms with Gasteiger partial charge in [-0.2, -0.15) is 0 Å². The summed E-state index contributed by atoms with van der Waals surface area (Å²) in [4.78, 5) is 23.5. The van der Waals surface area contributed by atoms with Crippen LogP contribution in [-0.2, 0) is 16.0 Å². The summed E-state index contributed by atoms with van der Waals surface area (Å²) in [6.45, 7) is 5.60. The Kier molecular flexibility index (Phi) is 7.55. The maximum absolute atomic E-state index is 11.8. The van der Waals surface area contributed by atoms with Gasteiger partial charge in [-0.3, -0.25) is 9.59 Å². The van der Waals surface area contributed by atoms with E-state index < -0.39 is 6.04 Å². The van der Waals surface area contributed by atoms with Crippen LogP contribution in [0.25, 0.3) is 0 Å². The van der Waals surface area contributed by atoms with E-state index in [0.717, 1.165) is 10.0 Å². The molecule has 0 heterocycles. The molecule has 0 bridgehead atoms. The SMILES string of the molecule is CC(Cc1ccccc1Br)NC(=O)CNC(=O)[C@@H](N)C(C)C. The van der Waals surface area contributed by atoms with Crippen LogP contribution in [0.3, 0.4) is 0 Å². The zero-order chi connectivity index (χ0) is 16.7. The van der Waals surface area contributed by atoms with Crippen LogP contribution < -0.4 is 16.4 Å². The summed E-state index contributed by atoms with van der Waals surface area (Å²) in [7, 11) is 0. The van der Waals surface area contributed by atoms with Crippen molar-refractivity contribution in [3.05, 3.63) is 34.3 Å². The summed E-state index contributed by atoms with van der Waals surface area (Å²) in [5, 5.41) is 5.42. The van der Waals surface area contributed by atoms with E-state index >= 15 is 0 Å². The van der Waals surface area contributed by atoms with Gasteiger partial charge in [-0.1, -0.05) is 48.0 Å². The summed E-state index contributed by atoms with van der Waals surface area (Å²) in [6, 6.07) is 7.27. The molecule has 1 aromatic rings. The normalized spacial score (nSPS) is 13.5. The average Bonchev–Trinajstić information content (AvgIpc) is 2.46. The van der Waals surface area contributed by atoms with E-state index in [4.69, 9.17) is 5.73 Å². The average molecular weight is 370 g/mol. The molecule has 0 radical (unpaired) electrons. The van der Waals surface area contributed by atoms with Crippen LogP contribution in [-0.4, -0.2) is 30.4 Å². The van der Waals surface area contributed by atoms with Gasteiger partial charge in [0.05, 0.1) is 12.6 Å². The highest BCUT2D eigenvalue weighted by molar-refractivity contribution is 9.10. The predicted octanol–water partition coefficient (Wildman–Crippen LogP) is 1.60. The highest BCUT2D eigenvalue weighted by Crippen LogP contribution is 2.17. The molecule has 0 aliphatic heterocycles. The molecule has 2 atom stereocenters. The third-order valence-corrected chi connectivity index (χ3v) is 4.11. The molecular weight excluding hydrogens is 346 g/mol. The number of carbonyl (C=O) groups is 2. The maximum Gasteiger partial charge on any atom is 0.239 e. The number of amides is 2. The van der Waals surface area contributed by atoms with Crippen LogP contribution >= 0.6 is 15.9 Å². The molecule has 0 fully saturated rings. The van der Waals surface area contributed by atoms with Crippen molar-refractivity contribution in [3.8, 4) is 0 Å². The van der Waals surface area contributed by atoms with Gasteiger partial charge in [-0.05, 0) is 30.9 Å². The molecule has 0 saturated carbocycles. The highest BCUT2D eigenvalue weighted by Gasteiger charge is 2.18. The topological polar surface area (TPSA) is 84.2 Å².